The minimum Gasteiger partial charge on any atom is -0.341 e. The van der Waals surface area contributed by atoms with Crippen LogP contribution in [0.15, 0.2) is 5.16 Å². The maximum Gasteiger partial charge on any atom is 0.233 e. The molecule has 0 aliphatic carbocycles. The molecule has 0 aromatic carbocycles. The highest BCUT2D eigenvalue weighted by Gasteiger charge is 2.25. The number of carbonyl (C=O) groups excluding carboxylic acids is 1. The highest BCUT2D eigenvalue weighted by molar-refractivity contribution is 7.99. The van der Waals surface area contributed by atoms with E-state index in [1.807, 2.05) is 23.4 Å². The van der Waals surface area contributed by atoms with Crippen molar-refractivity contribution in [2.45, 2.75) is 32.3 Å². The predicted molar refractivity (Wildman–Crippen MR) is 76.0 cm³/mol. The number of rotatable bonds is 3. The van der Waals surface area contributed by atoms with Crippen molar-refractivity contribution in [3.8, 4) is 0 Å². The maximum absolute atomic E-state index is 12.2. The van der Waals surface area contributed by atoms with E-state index >= 15 is 0 Å². The van der Waals surface area contributed by atoms with E-state index < -0.39 is 0 Å². The molecule has 1 saturated heterocycles. The van der Waals surface area contributed by atoms with Crippen molar-refractivity contribution in [1.29, 1.82) is 0 Å². The van der Waals surface area contributed by atoms with Crippen LogP contribution in [0.4, 0.5) is 0 Å². The predicted octanol–water partition coefficient (Wildman–Crippen LogP) is 1.72. The van der Waals surface area contributed by atoms with Gasteiger partial charge in [-0.3, -0.25) is 4.79 Å². The minimum absolute atomic E-state index is 0.212. The van der Waals surface area contributed by atoms with Gasteiger partial charge >= 0.3 is 0 Å². The van der Waals surface area contributed by atoms with Crippen LogP contribution in [0.1, 0.15) is 26.1 Å². The fraction of sp³-hybridized carbons (Fsp3) is 0.769. The van der Waals surface area contributed by atoms with Gasteiger partial charge in [0, 0.05) is 20.1 Å². The molecule has 1 fully saturated rings. The number of thioether (sulfide) groups is 1. The number of amides is 1. The van der Waals surface area contributed by atoms with Gasteiger partial charge in [-0.15, -0.1) is 10.2 Å². The van der Waals surface area contributed by atoms with Crippen molar-refractivity contribution in [2.75, 3.05) is 18.8 Å². The molecule has 0 spiro atoms. The molecule has 1 amide bonds. The Balaban J connectivity index is 1.89. The summed E-state index contributed by atoms with van der Waals surface area (Å²) in [6.07, 6.45) is 1.22. The molecule has 2 unspecified atom stereocenters. The Hall–Kier alpha value is -1.04. The summed E-state index contributed by atoms with van der Waals surface area (Å²) in [6.45, 7) is 8.13. The Bertz CT molecular complexity index is 449. The summed E-state index contributed by atoms with van der Waals surface area (Å²) in [5, 5.41) is 8.87. The Morgan fingerprint density at radius 3 is 2.47 bits per heavy atom. The largest absolute Gasteiger partial charge is 0.341 e. The zero-order valence-corrected chi connectivity index (χ0v) is 12.9. The molecule has 1 aromatic rings. The molecule has 1 aliphatic rings. The number of nitrogens with zero attached hydrogens (tertiary/aromatic N) is 4. The Morgan fingerprint density at radius 2 is 1.95 bits per heavy atom. The van der Waals surface area contributed by atoms with Gasteiger partial charge in [0.1, 0.15) is 5.82 Å². The average molecular weight is 282 g/mol. The second-order valence-corrected chi connectivity index (χ2v) is 6.56. The molecule has 0 saturated carbocycles. The van der Waals surface area contributed by atoms with Gasteiger partial charge in [-0.2, -0.15) is 0 Å². The Kier molecular flexibility index (Phi) is 4.50. The van der Waals surface area contributed by atoms with Gasteiger partial charge in [0.2, 0.25) is 5.91 Å². The molecule has 0 N–H and O–H groups in total. The molecule has 2 heterocycles. The van der Waals surface area contributed by atoms with Gasteiger partial charge < -0.3 is 9.47 Å². The average Bonchev–Trinajstić information content (AvgIpc) is 2.66. The summed E-state index contributed by atoms with van der Waals surface area (Å²) in [4.78, 5) is 14.2. The maximum atomic E-state index is 12.2. The van der Waals surface area contributed by atoms with Gasteiger partial charge in [-0.05, 0) is 25.2 Å². The van der Waals surface area contributed by atoms with E-state index in [0.29, 0.717) is 17.6 Å². The molecular formula is C13H22N4OS. The first-order chi connectivity index (χ1) is 8.97. The summed E-state index contributed by atoms with van der Waals surface area (Å²) in [5.41, 5.74) is 0. The fourth-order valence-electron chi connectivity index (χ4n) is 2.60. The summed E-state index contributed by atoms with van der Waals surface area (Å²) in [6, 6.07) is 0. The standard InChI is InChI=1S/C13H22N4OS/c1-9-5-10(2)7-17(6-9)12(18)8-19-13-15-14-11(3)16(13)4/h9-10H,5-8H2,1-4H3. The Labute approximate surface area is 118 Å². The third-order valence-electron chi connectivity index (χ3n) is 3.60. The second kappa shape index (κ2) is 5.94. The number of piperidine rings is 1. The van der Waals surface area contributed by atoms with Crippen molar-refractivity contribution in [3.05, 3.63) is 5.82 Å². The van der Waals surface area contributed by atoms with Crippen molar-refractivity contribution < 1.29 is 4.79 Å². The van der Waals surface area contributed by atoms with Crippen LogP contribution in [0.5, 0.6) is 0 Å². The first kappa shape index (κ1) is 14.4. The third kappa shape index (κ3) is 3.49. The van der Waals surface area contributed by atoms with Crippen molar-refractivity contribution in [2.24, 2.45) is 18.9 Å². The van der Waals surface area contributed by atoms with E-state index in [2.05, 4.69) is 24.0 Å². The molecule has 1 aromatic heterocycles. The third-order valence-corrected chi connectivity index (χ3v) is 4.60. The lowest BCUT2D eigenvalue weighted by molar-refractivity contribution is -0.130. The van der Waals surface area contributed by atoms with Crippen LogP contribution in [-0.2, 0) is 11.8 Å². The van der Waals surface area contributed by atoms with E-state index in [9.17, 15) is 4.79 Å². The summed E-state index contributed by atoms with van der Waals surface area (Å²) in [5.74, 6) is 2.74. The van der Waals surface area contributed by atoms with E-state index in [1.165, 1.54) is 18.2 Å². The highest BCUT2D eigenvalue weighted by Crippen LogP contribution is 2.22. The highest BCUT2D eigenvalue weighted by atomic mass is 32.2. The van der Waals surface area contributed by atoms with E-state index in [1.54, 1.807) is 0 Å². The normalized spacial score (nSPS) is 23.7. The first-order valence-corrected chi connectivity index (χ1v) is 7.72. The lowest BCUT2D eigenvalue weighted by Gasteiger charge is -2.34. The number of carbonyl (C=O) groups is 1. The lowest BCUT2D eigenvalue weighted by Crippen LogP contribution is -2.43. The van der Waals surface area contributed by atoms with Crippen molar-refractivity contribution in [1.82, 2.24) is 19.7 Å². The molecule has 5 nitrogen and oxygen atoms in total. The lowest BCUT2D eigenvalue weighted by atomic mass is 9.92. The fourth-order valence-corrected chi connectivity index (χ4v) is 3.46. The van der Waals surface area contributed by atoms with E-state index in [0.717, 1.165) is 24.1 Å². The molecule has 6 heteroatoms. The van der Waals surface area contributed by atoms with E-state index in [4.69, 9.17) is 0 Å². The molecule has 1 aliphatic heterocycles. The van der Waals surface area contributed by atoms with Crippen LogP contribution >= 0.6 is 11.8 Å². The van der Waals surface area contributed by atoms with Crippen LogP contribution < -0.4 is 0 Å². The van der Waals surface area contributed by atoms with Gasteiger partial charge in [-0.1, -0.05) is 25.6 Å². The van der Waals surface area contributed by atoms with Gasteiger partial charge in [0.25, 0.3) is 0 Å². The summed E-state index contributed by atoms with van der Waals surface area (Å²) >= 11 is 1.47. The van der Waals surface area contributed by atoms with Crippen LogP contribution in [0.25, 0.3) is 0 Å². The number of aromatic nitrogens is 3. The smallest absolute Gasteiger partial charge is 0.233 e. The molecule has 19 heavy (non-hydrogen) atoms. The van der Waals surface area contributed by atoms with Gasteiger partial charge in [0.05, 0.1) is 5.75 Å². The van der Waals surface area contributed by atoms with Crippen molar-refractivity contribution in [3.63, 3.8) is 0 Å². The zero-order chi connectivity index (χ0) is 14.0. The van der Waals surface area contributed by atoms with Crippen LogP contribution in [-0.4, -0.2) is 44.4 Å². The first-order valence-electron chi connectivity index (χ1n) is 6.74. The minimum atomic E-state index is 0.212. The van der Waals surface area contributed by atoms with Crippen LogP contribution in [0.3, 0.4) is 0 Å². The SMILES string of the molecule is Cc1nnc(SCC(=O)N2CC(C)CC(C)C2)n1C. The molecule has 0 radical (unpaired) electrons. The molecule has 106 valence electrons. The monoisotopic (exact) mass is 282 g/mol. The van der Waals surface area contributed by atoms with Crippen LogP contribution in [0, 0.1) is 18.8 Å². The molecule has 2 atom stereocenters. The van der Waals surface area contributed by atoms with E-state index in [-0.39, 0.29) is 5.91 Å². The van der Waals surface area contributed by atoms with Gasteiger partial charge in [0.15, 0.2) is 5.16 Å². The molecule has 2 rings (SSSR count). The summed E-state index contributed by atoms with van der Waals surface area (Å²) < 4.78 is 1.92. The molecular weight excluding hydrogens is 260 g/mol. The van der Waals surface area contributed by atoms with Gasteiger partial charge in [-0.25, -0.2) is 0 Å². The number of hydrogen-bond acceptors (Lipinski definition) is 4. The zero-order valence-electron chi connectivity index (χ0n) is 12.1. The number of hydrogen-bond donors (Lipinski definition) is 0. The Morgan fingerprint density at radius 1 is 1.32 bits per heavy atom. The number of likely N-dealkylation sites (tertiary alicyclic amines) is 1. The second-order valence-electron chi connectivity index (χ2n) is 5.62. The van der Waals surface area contributed by atoms with Crippen molar-refractivity contribution >= 4 is 17.7 Å². The van der Waals surface area contributed by atoms with Crippen LogP contribution in [0.2, 0.25) is 0 Å². The number of aryl methyl sites for hydroxylation is 1. The summed E-state index contributed by atoms with van der Waals surface area (Å²) in [7, 11) is 1.92. The topological polar surface area (TPSA) is 51.0 Å². The quantitative estimate of drug-likeness (QED) is 0.792. The molecule has 0 bridgehead atoms.